The molecule has 3 rings (SSSR count). The molecule has 1 atom stereocenters. The highest BCUT2D eigenvalue weighted by atomic mass is 35.5. The predicted molar refractivity (Wildman–Crippen MR) is 97.0 cm³/mol. The van der Waals surface area contributed by atoms with Gasteiger partial charge in [0.05, 0.1) is 18.2 Å². The Morgan fingerprint density at radius 3 is 2.73 bits per heavy atom. The van der Waals surface area contributed by atoms with Crippen molar-refractivity contribution in [3.63, 3.8) is 0 Å². The molecule has 0 aliphatic heterocycles. The van der Waals surface area contributed by atoms with Gasteiger partial charge in [0.25, 0.3) is 5.56 Å². The van der Waals surface area contributed by atoms with Gasteiger partial charge in [0.1, 0.15) is 12.3 Å². The number of aromatic nitrogens is 2. The van der Waals surface area contributed by atoms with Crippen molar-refractivity contribution in [3.05, 3.63) is 80.9 Å². The molecule has 134 valence electrons. The number of aryl methyl sites for hydroxylation is 1. The zero-order chi connectivity index (χ0) is 18.7. The average molecular weight is 373 g/mol. The number of pyridine rings is 1. The molecule has 0 amide bonds. The smallest absolute Gasteiger partial charge is 0.309 e. The Kier molecular flexibility index (Phi) is 5.35. The molecule has 0 saturated carbocycles. The predicted octanol–water partition coefficient (Wildman–Crippen LogP) is 2.82. The van der Waals surface area contributed by atoms with Crippen LogP contribution in [0.15, 0.2) is 53.5 Å². The standard InChI is InChI=1S/C19H17ClN2O4/c1-12-2-7-17-21-15(8-18(24)22(17)10-12)11-26-19(25)9-16(23)13-3-5-14(20)6-4-13/h2-8,10,16,23H,9,11H2,1H3. The van der Waals surface area contributed by atoms with Crippen LogP contribution in [-0.2, 0) is 16.1 Å². The van der Waals surface area contributed by atoms with E-state index in [-0.39, 0.29) is 18.6 Å². The van der Waals surface area contributed by atoms with E-state index >= 15 is 0 Å². The number of esters is 1. The molecule has 1 N–H and O–H groups in total. The molecule has 0 aliphatic rings. The molecule has 0 bridgehead atoms. The molecule has 26 heavy (non-hydrogen) atoms. The second kappa shape index (κ2) is 7.68. The maximum Gasteiger partial charge on any atom is 0.309 e. The molecule has 2 aromatic heterocycles. The maximum atomic E-state index is 12.1. The van der Waals surface area contributed by atoms with Crippen molar-refractivity contribution in [1.82, 2.24) is 9.38 Å². The molecule has 1 unspecified atom stereocenters. The number of ether oxygens (including phenoxy) is 1. The van der Waals surface area contributed by atoms with Crippen molar-refractivity contribution in [2.75, 3.05) is 0 Å². The molecule has 7 heteroatoms. The van der Waals surface area contributed by atoms with E-state index in [9.17, 15) is 14.7 Å². The molecule has 1 aromatic carbocycles. The lowest BCUT2D eigenvalue weighted by Gasteiger charge is -2.11. The fourth-order valence-corrected chi connectivity index (χ4v) is 2.63. The highest BCUT2D eigenvalue weighted by Crippen LogP contribution is 2.19. The van der Waals surface area contributed by atoms with Gasteiger partial charge in [0, 0.05) is 17.3 Å². The van der Waals surface area contributed by atoms with E-state index < -0.39 is 12.1 Å². The lowest BCUT2D eigenvalue weighted by molar-refractivity contribution is -0.147. The topological polar surface area (TPSA) is 80.9 Å². The molecule has 0 spiro atoms. The minimum atomic E-state index is -0.988. The summed E-state index contributed by atoms with van der Waals surface area (Å²) in [7, 11) is 0. The lowest BCUT2D eigenvalue weighted by Crippen LogP contribution is -2.17. The number of carbonyl (C=O) groups is 1. The Balaban J connectivity index is 1.64. The summed E-state index contributed by atoms with van der Waals surface area (Å²) in [5.41, 5.74) is 2.11. The molecule has 2 heterocycles. The molecule has 0 aliphatic carbocycles. The first kappa shape index (κ1) is 18.1. The number of carbonyl (C=O) groups excluding carboxylic acids is 1. The highest BCUT2D eigenvalue weighted by molar-refractivity contribution is 6.30. The molecular formula is C19H17ClN2O4. The van der Waals surface area contributed by atoms with Crippen LogP contribution >= 0.6 is 11.6 Å². The van der Waals surface area contributed by atoms with Crippen LogP contribution in [0.25, 0.3) is 5.65 Å². The van der Waals surface area contributed by atoms with E-state index in [4.69, 9.17) is 16.3 Å². The SMILES string of the molecule is Cc1ccc2nc(COC(=O)CC(O)c3ccc(Cl)cc3)cc(=O)n2c1. The van der Waals surface area contributed by atoms with Gasteiger partial charge in [-0.25, -0.2) is 4.98 Å². The van der Waals surface area contributed by atoms with E-state index in [1.165, 1.54) is 10.5 Å². The Bertz CT molecular complexity index is 999. The summed E-state index contributed by atoms with van der Waals surface area (Å²) in [5.74, 6) is -0.585. The molecule has 3 aromatic rings. The minimum absolute atomic E-state index is 0.133. The van der Waals surface area contributed by atoms with Gasteiger partial charge in [-0.1, -0.05) is 29.8 Å². The third-order valence-corrected chi connectivity index (χ3v) is 4.11. The minimum Gasteiger partial charge on any atom is -0.459 e. The summed E-state index contributed by atoms with van der Waals surface area (Å²) in [6.07, 6.45) is 0.508. The Morgan fingerprint density at radius 2 is 2.00 bits per heavy atom. The summed E-state index contributed by atoms with van der Waals surface area (Å²) >= 11 is 5.80. The van der Waals surface area contributed by atoms with Gasteiger partial charge in [0.2, 0.25) is 0 Å². The van der Waals surface area contributed by atoms with E-state index in [1.54, 1.807) is 36.5 Å². The maximum absolute atomic E-state index is 12.1. The number of benzene rings is 1. The van der Waals surface area contributed by atoms with Crippen molar-refractivity contribution < 1.29 is 14.6 Å². The lowest BCUT2D eigenvalue weighted by atomic mass is 10.1. The number of nitrogens with zero attached hydrogens (tertiary/aromatic N) is 2. The van der Waals surface area contributed by atoms with E-state index in [1.807, 2.05) is 13.0 Å². The van der Waals surface area contributed by atoms with Gasteiger partial charge >= 0.3 is 5.97 Å². The summed E-state index contributed by atoms with van der Waals surface area (Å²) in [5, 5.41) is 10.6. The van der Waals surface area contributed by atoms with Gasteiger partial charge in [-0.2, -0.15) is 0 Å². The van der Waals surface area contributed by atoms with Crippen LogP contribution in [-0.4, -0.2) is 20.5 Å². The van der Waals surface area contributed by atoms with Gasteiger partial charge < -0.3 is 9.84 Å². The Labute approximate surface area is 154 Å². The van der Waals surface area contributed by atoms with Gasteiger partial charge in [0.15, 0.2) is 0 Å². The average Bonchev–Trinajstić information content (AvgIpc) is 2.61. The van der Waals surface area contributed by atoms with Crippen molar-refractivity contribution in [3.8, 4) is 0 Å². The van der Waals surface area contributed by atoms with Gasteiger partial charge in [-0.15, -0.1) is 0 Å². The monoisotopic (exact) mass is 372 g/mol. The van der Waals surface area contributed by atoms with Crippen LogP contribution in [0.1, 0.15) is 29.3 Å². The summed E-state index contributed by atoms with van der Waals surface area (Å²) in [6.45, 7) is 1.75. The zero-order valence-electron chi connectivity index (χ0n) is 14.1. The van der Waals surface area contributed by atoms with Crippen LogP contribution in [0.5, 0.6) is 0 Å². The number of hydrogen-bond donors (Lipinski definition) is 1. The number of hydrogen-bond acceptors (Lipinski definition) is 5. The fourth-order valence-electron chi connectivity index (χ4n) is 2.51. The van der Waals surface area contributed by atoms with Crippen molar-refractivity contribution in [2.24, 2.45) is 0 Å². The summed E-state index contributed by atoms with van der Waals surface area (Å²) < 4.78 is 6.57. The molecule has 0 fully saturated rings. The molecule has 0 saturated heterocycles. The van der Waals surface area contributed by atoms with Crippen LogP contribution < -0.4 is 5.56 Å². The van der Waals surface area contributed by atoms with E-state index in [0.717, 1.165) is 5.56 Å². The van der Waals surface area contributed by atoms with E-state index in [0.29, 0.717) is 21.9 Å². The molecule has 6 nitrogen and oxygen atoms in total. The van der Waals surface area contributed by atoms with Crippen molar-refractivity contribution in [2.45, 2.75) is 26.1 Å². The normalized spacial score (nSPS) is 12.1. The van der Waals surface area contributed by atoms with Crippen LogP contribution in [0.2, 0.25) is 5.02 Å². The van der Waals surface area contributed by atoms with Crippen LogP contribution in [0.4, 0.5) is 0 Å². The van der Waals surface area contributed by atoms with Gasteiger partial charge in [-0.3, -0.25) is 14.0 Å². The molecular weight excluding hydrogens is 356 g/mol. The third-order valence-electron chi connectivity index (χ3n) is 3.86. The quantitative estimate of drug-likeness (QED) is 0.696. The van der Waals surface area contributed by atoms with E-state index in [2.05, 4.69) is 4.98 Å². The first-order valence-electron chi connectivity index (χ1n) is 8.00. The largest absolute Gasteiger partial charge is 0.459 e. The van der Waals surface area contributed by atoms with Crippen molar-refractivity contribution in [1.29, 1.82) is 0 Å². The number of aliphatic hydroxyl groups is 1. The molecule has 0 radical (unpaired) electrons. The number of aliphatic hydroxyl groups excluding tert-OH is 1. The second-order valence-corrected chi connectivity index (χ2v) is 6.39. The van der Waals surface area contributed by atoms with Gasteiger partial charge in [-0.05, 0) is 36.2 Å². The second-order valence-electron chi connectivity index (χ2n) is 5.95. The van der Waals surface area contributed by atoms with Crippen molar-refractivity contribution >= 4 is 23.2 Å². The Hall–Kier alpha value is -2.70. The van der Waals surface area contributed by atoms with Crippen LogP contribution in [0, 0.1) is 6.92 Å². The van der Waals surface area contributed by atoms with Crippen LogP contribution in [0.3, 0.4) is 0 Å². The number of halogens is 1. The first-order chi connectivity index (χ1) is 12.4. The summed E-state index contributed by atoms with van der Waals surface area (Å²) in [4.78, 5) is 28.4. The first-order valence-corrected chi connectivity index (χ1v) is 8.38. The third kappa shape index (κ3) is 4.28. The number of fused-ring (bicyclic) bond motifs is 1. The summed E-state index contributed by atoms with van der Waals surface area (Å²) in [6, 6.07) is 11.5. The zero-order valence-corrected chi connectivity index (χ0v) is 14.8. The Morgan fingerprint density at radius 1 is 1.27 bits per heavy atom. The highest BCUT2D eigenvalue weighted by Gasteiger charge is 2.15. The fraction of sp³-hybridized carbons (Fsp3) is 0.211. The number of rotatable bonds is 5.